The van der Waals surface area contributed by atoms with Crippen molar-refractivity contribution in [3.05, 3.63) is 125 Å². The Kier molecular flexibility index (Phi) is 7.98. The predicted octanol–water partition coefficient (Wildman–Crippen LogP) is 6.10. The number of nitrogens with zero attached hydrogens (tertiary/aromatic N) is 2. The molecular weight excluding hydrogens is 493 g/mol. The SMILES string of the molecule is O=C(NCc1ccccc1)c1coc(CN(Cc2cccc(C(F)(F)F)c2)Cc2ccc(F)cc2F)n1. The van der Waals surface area contributed by atoms with Crippen molar-refractivity contribution >= 4 is 5.91 Å². The molecule has 0 spiro atoms. The molecule has 192 valence electrons. The molecule has 4 aromatic rings. The highest BCUT2D eigenvalue weighted by atomic mass is 19.4. The van der Waals surface area contributed by atoms with Gasteiger partial charge < -0.3 is 9.73 Å². The second-order valence-electron chi connectivity index (χ2n) is 8.37. The van der Waals surface area contributed by atoms with Crippen LogP contribution in [0.4, 0.5) is 22.0 Å². The van der Waals surface area contributed by atoms with Crippen LogP contribution < -0.4 is 5.32 Å². The number of aromatic nitrogens is 1. The average Bonchev–Trinajstić information content (AvgIpc) is 3.33. The number of oxazole rings is 1. The van der Waals surface area contributed by atoms with Crippen LogP contribution >= 0.6 is 0 Å². The molecule has 10 heteroatoms. The maximum Gasteiger partial charge on any atom is 0.416 e. The molecule has 0 aliphatic heterocycles. The quantitative estimate of drug-likeness (QED) is 0.274. The molecule has 0 fully saturated rings. The number of alkyl halides is 3. The largest absolute Gasteiger partial charge is 0.447 e. The van der Waals surface area contributed by atoms with E-state index in [1.54, 1.807) is 4.90 Å². The van der Waals surface area contributed by atoms with Gasteiger partial charge in [-0.1, -0.05) is 54.6 Å². The van der Waals surface area contributed by atoms with Crippen molar-refractivity contribution in [3.8, 4) is 0 Å². The number of rotatable bonds is 9. The zero-order valence-corrected chi connectivity index (χ0v) is 19.4. The van der Waals surface area contributed by atoms with Crippen molar-refractivity contribution in [3.63, 3.8) is 0 Å². The molecule has 0 aliphatic carbocycles. The van der Waals surface area contributed by atoms with E-state index in [4.69, 9.17) is 4.42 Å². The summed E-state index contributed by atoms with van der Waals surface area (Å²) in [5, 5.41) is 2.73. The Morgan fingerprint density at radius 3 is 2.38 bits per heavy atom. The lowest BCUT2D eigenvalue weighted by Crippen LogP contribution is -2.24. The molecule has 37 heavy (non-hydrogen) atoms. The summed E-state index contributed by atoms with van der Waals surface area (Å²) in [5.74, 6) is -1.89. The smallest absolute Gasteiger partial charge is 0.416 e. The van der Waals surface area contributed by atoms with Crippen LogP contribution in [0.25, 0.3) is 0 Å². The highest BCUT2D eigenvalue weighted by Crippen LogP contribution is 2.30. The van der Waals surface area contributed by atoms with Gasteiger partial charge in [-0.2, -0.15) is 13.2 Å². The molecular formula is C27H22F5N3O2. The van der Waals surface area contributed by atoms with Crippen LogP contribution in [0.1, 0.15) is 38.6 Å². The van der Waals surface area contributed by atoms with Gasteiger partial charge in [0.25, 0.3) is 5.91 Å². The summed E-state index contributed by atoms with van der Waals surface area (Å²) in [6.07, 6.45) is -3.34. The highest BCUT2D eigenvalue weighted by molar-refractivity contribution is 5.91. The number of amides is 1. The minimum absolute atomic E-state index is 0.0152. The first-order chi connectivity index (χ1) is 17.7. The zero-order valence-electron chi connectivity index (χ0n) is 19.4. The third-order valence-electron chi connectivity index (χ3n) is 5.51. The van der Waals surface area contributed by atoms with Gasteiger partial charge in [-0.15, -0.1) is 0 Å². The molecule has 0 atom stereocenters. The molecule has 1 N–H and O–H groups in total. The Hall–Kier alpha value is -4.05. The standard InChI is InChI=1S/C27H22F5N3O2/c28-22-10-9-20(23(29)12-22)15-35(14-19-7-4-8-21(11-19)27(30,31)32)16-25-34-24(17-37-25)26(36)33-13-18-5-2-1-3-6-18/h1-12,17H,13-16H2,(H,33,36). The van der Waals surface area contributed by atoms with Gasteiger partial charge in [-0.3, -0.25) is 9.69 Å². The Balaban J connectivity index is 1.50. The second kappa shape index (κ2) is 11.3. The van der Waals surface area contributed by atoms with Gasteiger partial charge in [0.1, 0.15) is 17.9 Å². The van der Waals surface area contributed by atoms with Crippen LogP contribution in [0.15, 0.2) is 83.5 Å². The van der Waals surface area contributed by atoms with E-state index in [0.29, 0.717) is 5.56 Å². The number of benzene rings is 3. The van der Waals surface area contributed by atoms with Gasteiger partial charge >= 0.3 is 6.18 Å². The summed E-state index contributed by atoms with van der Waals surface area (Å²) < 4.78 is 72.7. The molecule has 0 aliphatic rings. The summed E-state index contributed by atoms with van der Waals surface area (Å²) >= 11 is 0. The summed E-state index contributed by atoms with van der Waals surface area (Å²) in [7, 11) is 0. The molecule has 0 unspecified atom stereocenters. The third kappa shape index (κ3) is 7.23. The fourth-order valence-corrected chi connectivity index (χ4v) is 3.71. The number of halogens is 5. The average molecular weight is 515 g/mol. The summed E-state index contributed by atoms with van der Waals surface area (Å²) in [4.78, 5) is 18.2. The number of nitrogens with one attached hydrogen (secondary N) is 1. The number of hydrogen-bond acceptors (Lipinski definition) is 4. The Labute approximate surface area is 209 Å². The summed E-state index contributed by atoms with van der Waals surface area (Å²) in [6, 6.07) is 17.1. The van der Waals surface area contributed by atoms with Crippen LogP contribution in [0.3, 0.4) is 0 Å². The minimum atomic E-state index is -4.52. The van der Waals surface area contributed by atoms with Crippen molar-refractivity contribution in [1.29, 1.82) is 0 Å². The van der Waals surface area contributed by atoms with Crippen LogP contribution in [-0.2, 0) is 32.4 Å². The first kappa shape index (κ1) is 26.0. The zero-order chi connectivity index (χ0) is 26.4. The lowest BCUT2D eigenvalue weighted by atomic mass is 10.1. The van der Waals surface area contributed by atoms with Gasteiger partial charge in [-0.25, -0.2) is 13.8 Å². The van der Waals surface area contributed by atoms with Crippen molar-refractivity contribution in [2.24, 2.45) is 0 Å². The van der Waals surface area contributed by atoms with E-state index >= 15 is 0 Å². The molecule has 1 heterocycles. The van der Waals surface area contributed by atoms with E-state index in [-0.39, 0.29) is 43.3 Å². The van der Waals surface area contributed by atoms with Crippen molar-refractivity contribution in [2.75, 3.05) is 0 Å². The van der Waals surface area contributed by atoms with Crippen molar-refractivity contribution in [2.45, 2.75) is 32.4 Å². The topological polar surface area (TPSA) is 58.4 Å². The first-order valence-electron chi connectivity index (χ1n) is 11.3. The van der Waals surface area contributed by atoms with Crippen LogP contribution in [0.5, 0.6) is 0 Å². The van der Waals surface area contributed by atoms with Crippen molar-refractivity contribution in [1.82, 2.24) is 15.2 Å². The van der Waals surface area contributed by atoms with E-state index in [1.165, 1.54) is 24.5 Å². The Morgan fingerprint density at radius 1 is 0.892 bits per heavy atom. The van der Waals surface area contributed by atoms with Crippen LogP contribution in [0.2, 0.25) is 0 Å². The van der Waals surface area contributed by atoms with Gasteiger partial charge in [0, 0.05) is 31.3 Å². The number of carbonyl (C=O) groups is 1. The normalized spacial score (nSPS) is 11.6. The van der Waals surface area contributed by atoms with Gasteiger partial charge in [-0.05, 0) is 23.3 Å². The molecule has 1 aromatic heterocycles. The van der Waals surface area contributed by atoms with Crippen LogP contribution in [0, 0.1) is 11.6 Å². The van der Waals surface area contributed by atoms with Gasteiger partial charge in [0.2, 0.25) is 5.89 Å². The minimum Gasteiger partial charge on any atom is -0.447 e. The van der Waals surface area contributed by atoms with E-state index in [1.807, 2.05) is 30.3 Å². The summed E-state index contributed by atoms with van der Waals surface area (Å²) in [5.41, 5.74) is 0.572. The maximum atomic E-state index is 14.3. The number of hydrogen-bond donors (Lipinski definition) is 1. The Morgan fingerprint density at radius 2 is 1.65 bits per heavy atom. The Bertz CT molecular complexity index is 1360. The van der Waals surface area contributed by atoms with E-state index in [2.05, 4.69) is 10.3 Å². The second-order valence-corrected chi connectivity index (χ2v) is 8.37. The van der Waals surface area contributed by atoms with Crippen molar-refractivity contribution < 1.29 is 31.2 Å². The molecule has 4 rings (SSSR count). The third-order valence-corrected chi connectivity index (χ3v) is 5.51. The molecule has 5 nitrogen and oxygen atoms in total. The fourth-order valence-electron chi connectivity index (χ4n) is 3.71. The van der Waals surface area contributed by atoms with Crippen LogP contribution in [-0.4, -0.2) is 15.8 Å². The monoisotopic (exact) mass is 515 g/mol. The van der Waals surface area contributed by atoms with E-state index in [9.17, 15) is 26.7 Å². The number of carbonyl (C=O) groups excluding carboxylic acids is 1. The maximum absolute atomic E-state index is 14.3. The molecule has 0 radical (unpaired) electrons. The van der Waals surface area contributed by atoms with Gasteiger partial charge in [0.05, 0.1) is 12.1 Å². The van der Waals surface area contributed by atoms with E-state index < -0.39 is 29.3 Å². The first-order valence-corrected chi connectivity index (χ1v) is 11.3. The van der Waals surface area contributed by atoms with Gasteiger partial charge in [0.15, 0.2) is 5.69 Å². The fraction of sp³-hybridized carbons (Fsp3) is 0.185. The molecule has 3 aromatic carbocycles. The molecule has 0 saturated carbocycles. The highest BCUT2D eigenvalue weighted by Gasteiger charge is 2.30. The lowest BCUT2D eigenvalue weighted by molar-refractivity contribution is -0.137. The molecule has 0 saturated heterocycles. The summed E-state index contributed by atoms with van der Waals surface area (Å²) in [6.45, 7) is 0.158. The predicted molar refractivity (Wildman–Crippen MR) is 125 cm³/mol. The lowest BCUT2D eigenvalue weighted by Gasteiger charge is -2.22. The molecule has 1 amide bonds. The van der Waals surface area contributed by atoms with E-state index in [0.717, 1.165) is 29.8 Å². The molecule has 0 bridgehead atoms.